The van der Waals surface area contributed by atoms with Crippen LogP contribution in [0, 0.1) is 0 Å². The molecule has 0 amide bonds. The summed E-state index contributed by atoms with van der Waals surface area (Å²) in [7, 11) is 0. The number of benzene rings is 1. The highest BCUT2D eigenvalue weighted by Gasteiger charge is 2.41. The standard InChI is InChI=1S/C16H14Cl2N2/c1-10-12-5-4-11(17)8-13(12)16(2,3)20(10)15-9-19-7-6-14(15)18/h4-9H,1H2,2-3H3. The van der Waals surface area contributed by atoms with Crippen molar-refractivity contribution in [3.63, 3.8) is 0 Å². The highest BCUT2D eigenvalue weighted by atomic mass is 35.5. The molecule has 1 aromatic carbocycles. The average Bonchev–Trinajstić information content (AvgIpc) is 2.58. The Morgan fingerprint density at radius 2 is 1.95 bits per heavy atom. The Balaban J connectivity index is 2.21. The third-order valence-corrected chi connectivity index (χ3v) is 4.32. The van der Waals surface area contributed by atoms with Gasteiger partial charge < -0.3 is 4.90 Å². The number of fused-ring (bicyclic) bond motifs is 1. The van der Waals surface area contributed by atoms with Crippen LogP contribution in [0.2, 0.25) is 10.0 Å². The van der Waals surface area contributed by atoms with Crippen LogP contribution in [0.3, 0.4) is 0 Å². The van der Waals surface area contributed by atoms with Crippen LogP contribution in [-0.2, 0) is 5.54 Å². The summed E-state index contributed by atoms with van der Waals surface area (Å²) in [5.41, 5.74) is 3.74. The Kier molecular flexibility index (Phi) is 3.03. The second-order valence-electron chi connectivity index (χ2n) is 5.36. The van der Waals surface area contributed by atoms with Crippen LogP contribution >= 0.6 is 23.2 Å². The summed E-state index contributed by atoms with van der Waals surface area (Å²) in [5.74, 6) is 0. The quantitative estimate of drug-likeness (QED) is 0.727. The van der Waals surface area contributed by atoms with E-state index in [-0.39, 0.29) is 5.54 Å². The van der Waals surface area contributed by atoms with Gasteiger partial charge in [-0.1, -0.05) is 35.8 Å². The lowest BCUT2D eigenvalue weighted by atomic mass is 9.93. The molecule has 4 heteroatoms. The largest absolute Gasteiger partial charge is 0.329 e. The van der Waals surface area contributed by atoms with Crippen molar-refractivity contribution >= 4 is 34.6 Å². The number of aromatic nitrogens is 1. The van der Waals surface area contributed by atoms with Crippen LogP contribution in [0.1, 0.15) is 25.0 Å². The normalized spacial score (nSPS) is 16.4. The predicted octanol–water partition coefficient (Wildman–Crippen LogP) is 5.11. The third kappa shape index (κ3) is 1.83. The molecular weight excluding hydrogens is 291 g/mol. The van der Waals surface area contributed by atoms with E-state index in [1.807, 2.05) is 18.2 Å². The maximum atomic E-state index is 6.32. The van der Waals surface area contributed by atoms with E-state index < -0.39 is 0 Å². The van der Waals surface area contributed by atoms with Gasteiger partial charge in [-0.3, -0.25) is 4.98 Å². The molecule has 0 radical (unpaired) electrons. The zero-order valence-electron chi connectivity index (χ0n) is 11.3. The summed E-state index contributed by atoms with van der Waals surface area (Å²) in [5, 5.41) is 1.39. The van der Waals surface area contributed by atoms with Gasteiger partial charge in [0.1, 0.15) is 0 Å². The fourth-order valence-electron chi connectivity index (χ4n) is 2.83. The summed E-state index contributed by atoms with van der Waals surface area (Å²) in [6.45, 7) is 8.47. The molecule has 0 saturated carbocycles. The van der Waals surface area contributed by atoms with Gasteiger partial charge in [0.05, 0.1) is 22.4 Å². The molecule has 0 atom stereocenters. The molecule has 0 aliphatic carbocycles. The molecule has 2 heterocycles. The van der Waals surface area contributed by atoms with Crippen LogP contribution in [0.25, 0.3) is 5.70 Å². The summed E-state index contributed by atoms with van der Waals surface area (Å²) in [6, 6.07) is 7.67. The number of anilines is 1. The van der Waals surface area contributed by atoms with Gasteiger partial charge in [0.2, 0.25) is 0 Å². The van der Waals surface area contributed by atoms with Crippen LogP contribution in [0.5, 0.6) is 0 Å². The maximum absolute atomic E-state index is 6.32. The number of hydrogen-bond acceptors (Lipinski definition) is 2. The first kappa shape index (κ1) is 13.5. The van der Waals surface area contributed by atoms with Gasteiger partial charge in [-0.2, -0.15) is 0 Å². The second-order valence-corrected chi connectivity index (χ2v) is 6.20. The van der Waals surface area contributed by atoms with Gasteiger partial charge in [-0.05, 0) is 37.6 Å². The number of halogens is 2. The third-order valence-electron chi connectivity index (χ3n) is 3.77. The summed E-state index contributed by atoms with van der Waals surface area (Å²) in [6.07, 6.45) is 3.45. The van der Waals surface area contributed by atoms with Crippen molar-refractivity contribution in [2.75, 3.05) is 4.90 Å². The molecule has 0 bridgehead atoms. The Labute approximate surface area is 128 Å². The number of rotatable bonds is 1. The molecule has 0 unspecified atom stereocenters. The van der Waals surface area contributed by atoms with Gasteiger partial charge >= 0.3 is 0 Å². The average molecular weight is 305 g/mol. The summed E-state index contributed by atoms with van der Waals surface area (Å²) >= 11 is 12.5. The van der Waals surface area contributed by atoms with Crippen molar-refractivity contribution in [3.05, 3.63) is 64.4 Å². The summed E-state index contributed by atoms with van der Waals surface area (Å²) < 4.78 is 0. The Morgan fingerprint density at radius 1 is 1.20 bits per heavy atom. The lowest BCUT2D eigenvalue weighted by Gasteiger charge is -2.35. The number of hydrogen-bond donors (Lipinski definition) is 0. The van der Waals surface area contributed by atoms with E-state index in [0.717, 1.165) is 27.5 Å². The van der Waals surface area contributed by atoms with E-state index >= 15 is 0 Å². The van der Waals surface area contributed by atoms with Crippen LogP contribution in [-0.4, -0.2) is 4.98 Å². The van der Waals surface area contributed by atoms with Gasteiger partial charge in [0, 0.05) is 22.5 Å². The molecule has 0 spiro atoms. The highest BCUT2D eigenvalue weighted by molar-refractivity contribution is 6.33. The molecule has 0 saturated heterocycles. The monoisotopic (exact) mass is 304 g/mol. The van der Waals surface area contributed by atoms with Crippen molar-refractivity contribution in [1.29, 1.82) is 0 Å². The predicted molar refractivity (Wildman–Crippen MR) is 85.2 cm³/mol. The van der Waals surface area contributed by atoms with Crippen molar-refractivity contribution < 1.29 is 0 Å². The Bertz CT molecular complexity index is 707. The van der Waals surface area contributed by atoms with E-state index in [1.54, 1.807) is 18.5 Å². The van der Waals surface area contributed by atoms with Crippen LogP contribution in [0.4, 0.5) is 5.69 Å². The molecule has 1 aliphatic heterocycles. The minimum absolute atomic E-state index is 0.274. The van der Waals surface area contributed by atoms with Gasteiger partial charge in [0.15, 0.2) is 0 Å². The molecule has 0 fully saturated rings. The van der Waals surface area contributed by atoms with Crippen molar-refractivity contribution in [2.24, 2.45) is 0 Å². The Morgan fingerprint density at radius 3 is 2.65 bits per heavy atom. The molecule has 1 aliphatic rings. The molecule has 102 valence electrons. The zero-order valence-corrected chi connectivity index (χ0v) is 12.8. The SMILES string of the molecule is C=C1c2ccc(Cl)cc2C(C)(C)N1c1cnccc1Cl. The molecule has 0 N–H and O–H groups in total. The van der Waals surface area contributed by atoms with Crippen molar-refractivity contribution in [2.45, 2.75) is 19.4 Å². The fraction of sp³-hybridized carbons (Fsp3) is 0.188. The minimum Gasteiger partial charge on any atom is -0.329 e. The van der Waals surface area contributed by atoms with Gasteiger partial charge in [-0.15, -0.1) is 0 Å². The molecule has 2 nitrogen and oxygen atoms in total. The van der Waals surface area contributed by atoms with E-state index in [1.165, 1.54) is 0 Å². The van der Waals surface area contributed by atoms with E-state index in [0.29, 0.717) is 5.02 Å². The first-order chi connectivity index (χ1) is 9.43. The minimum atomic E-state index is -0.274. The van der Waals surface area contributed by atoms with Crippen molar-refractivity contribution in [1.82, 2.24) is 4.98 Å². The Hall–Kier alpha value is -1.51. The topological polar surface area (TPSA) is 16.1 Å². The van der Waals surface area contributed by atoms with E-state index in [2.05, 4.69) is 30.3 Å². The van der Waals surface area contributed by atoms with E-state index in [4.69, 9.17) is 23.2 Å². The van der Waals surface area contributed by atoms with Crippen LogP contribution in [0.15, 0.2) is 43.2 Å². The molecule has 2 aromatic rings. The fourth-order valence-corrected chi connectivity index (χ4v) is 3.19. The summed E-state index contributed by atoms with van der Waals surface area (Å²) in [4.78, 5) is 6.29. The van der Waals surface area contributed by atoms with Gasteiger partial charge in [0.25, 0.3) is 0 Å². The lowest BCUT2D eigenvalue weighted by Crippen LogP contribution is -2.34. The zero-order chi connectivity index (χ0) is 14.5. The van der Waals surface area contributed by atoms with E-state index in [9.17, 15) is 0 Å². The first-order valence-corrected chi connectivity index (χ1v) is 7.07. The first-order valence-electron chi connectivity index (χ1n) is 6.32. The number of nitrogens with zero attached hydrogens (tertiary/aromatic N) is 2. The molecule has 20 heavy (non-hydrogen) atoms. The van der Waals surface area contributed by atoms with Crippen LogP contribution < -0.4 is 4.90 Å². The molecular formula is C16H14Cl2N2. The smallest absolute Gasteiger partial charge is 0.0794 e. The lowest BCUT2D eigenvalue weighted by molar-refractivity contribution is 0.559. The molecule has 1 aromatic heterocycles. The van der Waals surface area contributed by atoms with Gasteiger partial charge in [-0.25, -0.2) is 0 Å². The van der Waals surface area contributed by atoms with Crippen molar-refractivity contribution in [3.8, 4) is 0 Å². The second kappa shape index (κ2) is 4.51. The molecule has 3 rings (SSSR count). The highest BCUT2D eigenvalue weighted by Crippen LogP contribution is 2.49. The number of pyridine rings is 1. The maximum Gasteiger partial charge on any atom is 0.0794 e.